The Balaban J connectivity index is 2.19. The van der Waals surface area contributed by atoms with E-state index in [2.05, 4.69) is 30.0 Å². The molecule has 0 bridgehead atoms. The second-order valence-corrected chi connectivity index (χ2v) is 4.10. The van der Waals surface area contributed by atoms with E-state index in [0.29, 0.717) is 0 Å². The summed E-state index contributed by atoms with van der Waals surface area (Å²) in [5.74, 6) is 0.917. The third kappa shape index (κ3) is 2.21. The summed E-state index contributed by atoms with van der Waals surface area (Å²) in [5, 5.41) is 0. The molecule has 2 rings (SSSR count). The maximum atomic E-state index is 5.17. The highest BCUT2D eigenvalue weighted by molar-refractivity contribution is 5.64. The quantitative estimate of drug-likeness (QED) is 0.771. The standard InChI is InChI=1S/C14H19NO/c1-3-14(15-10-4-5-11-15)12-6-8-13(16-2)9-7-12/h3,6-9H,4-5,10-11H2,1-2H3. The molecule has 0 N–H and O–H groups in total. The number of allylic oxidation sites excluding steroid dienone is 1. The molecule has 1 aliphatic heterocycles. The van der Waals surface area contributed by atoms with Gasteiger partial charge in [0.1, 0.15) is 5.75 Å². The number of rotatable bonds is 3. The summed E-state index contributed by atoms with van der Waals surface area (Å²) < 4.78 is 5.17. The fraction of sp³-hybridized carbons (Fsp3) is 0.429. The topological polar surface area (TPSA) is 12.5 Å². The van der Waals surface area contributed by atoms with Gasteiger partial charge in [-0.15, -0.1) is 0 Å². The van der Waals surface area contributed by atoms with Crippen LogP contribution in [0, 0.1) is 0 Å². The number of hydrogen-bond donors (Lipinski definition) is 0. The number of ether oxygens (including phenoxy) is 1. The number of benzene rings is 1. The van der Waals surface area contributed by atoms with Gasteiger partial charge in [0.25, 0.3) is 0 Å². The molecular formula is C14H19NO. The molecule has 1 saturated heterocycles. The SMILES string of the molecule is CC=C(c1ccc(OC)cc1)N1CCCC1. The van der Waals surface area contributed by atoms with E-state index in [1.54, 1.807) is 7.11 Å². The zero-order valence-corrected chi connectivity index (χ0v) is 10.1. The lowest BCUT2D eigenvalue weighted by Gasteiger charge is -2.21. The molecule has 86 valence electrons. The highest BCUT2D eigenvalue weighted by Gasteiger charge is 2.15. The van der Waals surface area contributed by atoms with Crippen LogP contribution < -0.4 is 4.74 Å². The number of hydrogen-bond acceptors (Lipinski definition) is 2. The first kappa shape index (κ1) is 11.1. The van der Waals surface area contributed by atoms with Crippen molar-refractivity contribution in [3.05, 3.63) is 35.9 Å². The molecule has 1 aromatic carbocycles. The van der Waals surface area contributed by atoms with E-state index < -0.39 is 0 Å². The van der Waals surface area contributed by atoms with Gasteiger partial charge in [0.15, 0.2) is 0 Å². The second-order valence-electron chi connectivity index (χ2n) is 4.10. The molecule has 16 heavy (non-hydrogen) atoms. The van der Waals surface area contributed by atoms with Crippen molar-refractivity contribution in [2.24, 2.45) is 0 Å². The minimum Gasteiger partial charge on any atom is -0.497 e. The molecule has 0 amide bonds. The Morgan fingerprint density at radius 3 is 2.31 bits per heavy atom. The van der Waals surface area contributed by atoms with Gasteiger partial charge in [-0.25, -0.2) is 0 Å². The lowest BCUT2D eigenvalue weighted by molar-refractivity contribution is 0.414. The molecule has 0 radical (unpaired) electrons. The monoisotopic (exact) mass is 217 g/mol. The Morgan fingerprint density at radius 2 is 1.81 bits per heavy atom. The summed E-state index contributed by atoms with van der Waals surface area (Å²) >= 11 is 0. The van der Waals surface area contributed by atoms with Gasteiger partial charge in [-0.1, -0.05) is 6.08 Å². The molecule has 2 heteroatoms. The van der Waals surface area contributed by atoms with Crippen molar-refractivity contribution in [3.8, 4) is 5.75 Å². The number of likely N-dealkylation sites (tertiary alicyclic amines) is 1. The molecule has 0 saturated carbocycles. The molecule has 2 nitrogen and oxygen atoms in total. The van der Waals surface area contributed by atoms with Crippen LogP contribution in [0.5, 0.6) is 5.75 Å². The highest BCUT2D eigenvalue weighted by atomic mass is 16.5. The molecule has 1 heterocycles. The molecule has 0 aliphatic carbocycles. The third-order valence-electron chi connectivity index (χ3n) is 3.11. The zero-order chi connectivity index (χ0) is 11.4. The summed E-state index contributed by atoms with van der Waals surface area (Å²) in [6.07, 6.45) is 4.83. The maximum absolute atomic E-state index is 5.17. The van der Waals surface area contributed by atoms with Crippen molar-refractivity contribution in [1.82, 2.24) is 4.90 Å². The Kier molecular flexibility index (Phi) is 3.50. The Labute approximate surface area is 97.5 Å². The zero-order valence-electron chi connectivity index (χ0n) is 10.1. The van der Waals surface area contributed by atoms with Gasteiger partial charge in [0.2, 0.25) is 0 Å². The van der Waals surface area contributed by atoms with E-state index in [9.17, 15) is 0 Å². The lowest BCUT2D eigenvalue weighted by Crippen LogP contribution is -2.17. The van der Waals surface area contributed by atoms with Gasteiger partial charge in [0.05, 0.1) is 7.11 Å². The van der Waals surface area contributed by atoms with Crippen LogP contribution in [0.1, 0.15) is 25.3 Å². The van der Waals surface area contributed by atoms with Crippen LogP contribution in [-0.2, 0) is 0 Å². The van der Waals surface area contributed by atoms with E-state index in [4.69, 9.17) is 4.74 Å². The highest BCUT2D eigenvalue weighted by Crippen LogP contribution is 2.25. The first-order valence-electron chi connectivity index (χ1n) is 5.91. The molecule has 1 aliphatic rings. The van der Waals surface area contributed by atoms with Crippen molar-refractivity contribution < 1.29 is 4.74 Å². The van der Waals surface area contributed by atoms with Gasteiger partial charge in [-0.2, -0.15) is 0 Å². The Hall–Kier alpha value is -1.44. The fourth-order valence-electron chi connectivity index (χ4n) is 2.25. The first-order valence-corrected chi connectivity index (χ1v) is 5.91. The van der Waals surface area contributed by atoms with E-state index in [1.807, 2.05) is 12.1 Å². The van der Waals surface area contributed by atoms with Crippen LogP contribution in [0.3, 0.4) is 0 Å². The van der Waals surface area contributed by atoms with Crippen LogP contribution >= 0.6 is 0 Å². The predicted molar refractivity (Wildman–Crippen MR) is 67.5 cm³/mol. The molecule has 1 aromatic rings. The Bertz CT molecular complexity index is 361. The average molecular weight is 217 g/mol. The van der Waals surface area contributed by atoms with Gasteiger partial charge in [-0.3, -0.25) is 0 Å². The fourth-order valence-corrected chi connectivity index (χ4v) is 2.25. The van der Waals surface area contributed by atoms with Crippen molar-refractivity contribution >= 4 is 5.70 Å². The minimum absolute atomic E-state index is 0.917. The van der Waals surface area contributed by atoms with Crippen LogP contribution in [0.15, 0.2) is 30.3 Å². The maximum Gasteiger partial charge on any atom is 0.118 e. The normalized spacial score (nSPS) is 16.6. The van der Waals surface area contributed by atoms with Crippen LogP contribution in [-0.4, -0.2) is 25.1 Å². The third-order valence-corrected chi connectivity index (χ3v) is 3.11. The lowest BCUT2D eigenvalue weighted by atomic mass is 10.1. The molecule has 0 spiro atoms. The second kappa shape index (κ2) is 5.06. The van der Waals surface area contributed by atoms with Gasteiger partial charge in [-0.05, 0) is 49.6 Å². The van der Waals surface area contributed by atoms with Crippen LogP contribution in [0.4, 0.5) is 0 Å². The average Bonchev–Trinajstić information content (AvgIpc) is 2.85. The van der Waals surface area contributed by atoms with Crippen molar-refractivity contribution in [3.63, 3.8) is 0 Å². The number of nitrogens with zero attached hydrogens (tertiary/aromatic N) is 1. The van der Waals surface area contributed by atoms with Crippen molar-refractivity contribution in [1.29, 1.82) is 0 Å². The minimum atomic E-state index is 0.917. The first-order chi connectivity index (χ1) is 7.85. The summed E-state index contributed by atoms with van der Waals surface area (Å²) in [5.41, 5.74) is 2.63. The van der Waals surface area contributed by atoms with Gasteiger partial charge >= 0.3 is 0 Å². The van der Waals surface area contributed by atoms with Gasteiger partial charge < -0.3 is 9.64 Å². The van der Waals surface area contributed by atoms with Gasteiger partial charge in [0, 0.05) is 18.8 Å². The molecule has 0 unspecified atom stereocenters. The summed E-state index contributed by atoms with van der Waals surface area (Å²) in [7, 11) is 1.70. The van der Waals surface area contributed by atoms with Crippen molar-refractivity contribution in [2.75, 3.05) is 20.2 Å². The van der Waals surface area contributed by atoms with E-state index >= 15 is 0 Å². The van der Waals surface area contributed by atoms with Crippen molar-refractivity contribution in [2.45, 2.75) is 19.8 Å². The largest absolute Gasteiger partial charge is 0.497 e. The predicted octanol–water partition coefficient (Wildman–Crippen LogP) is 3.15. The Morgan fingerprint density at radius 1 is 1.19 bits per heavy atom. The smallest absolute Gasteiger partial charge is 0.118 e. The molecule has 0 atom stereocenters. The van der Waals surface area contributed by atoms with Crippen LogP contribution in [0.25, 0.3) is 5.70 Å². The summed E-state index contributed by atoms with van der Waals surface area (Å²) in [6.45, 7) is 4.48. The summed E-state index contributed by atoms with van der Waals surface area (Å²) in [4.78, 5) is 2.46. The molecule has 1 fully saturated rings. The van der Waals surface area contributed by atoms with E-state index in [-0.39, 0.29) is 0 Å². The number of methoxy groups -OCH3 is 1. The molecule has 0 aromatic heterocycles. The summed E-state index contributed by atoms with van der Waals surface area (Å²) in [6, 6.07) is 8.31. The van der Waals surface area contributed by atoms with E-state index in [1.165, 1.54) is 37.2 Å². The molecular weight excluding hydrogens is 198 g/mol. The van der Waals surface area contributed by atoms with Crippen LogP contribution in [0.2, 0.25) is 0 Å². The van der Waals surface area contributed by atoms with E-state index in [0.717, 1.165) is 5.75 Å².